The fourth-order valence-corrected chi connectivity index (χ4v) is 1.85. The number of nitrogens with one attached hydrogen (secondary N) is 1. The van der Waals surface area contributed by atoms with Crippen molar-refractivity contribution in [2.75, 3.05) is 25.5 Å². The number of furan rings is 1. The van der Waals surface area contributed by atoms with Crippen LogP contribution in [0.15, 0.2) is 40.8 Å². The van der Waals surface area contributed by atoms with Gasteiger partial charge in [0.05, 0.1) is 6.54 Å². The molecule has 2 aromatic rings. The Hall–Kier alpha value is -1.94. The molecule has 0 bridgehead atoms. The molecule has 0 unspecified atom stereocenters. The maximum atomic E-state index is 5.76. The number of anilines is 1. The summed E-state index contributed by atoms with van der Waals surface area (Å²) in [5.74, 6) is 2.63. The molecule has 2 rings (SSSR count). The molecule has 0 fully saturated rings. The molecule has 0 saturated heterocycles. The average Bonchev–Trinajstić information content (AvgIpc) is 2.91. The molecule has 20 heavy (non-hydrogen) atoms. The molecule has 0 radical (unpaired) electrons. The predicted molar refractivity (Wildman–Crippen MR) is 81.2 cm³/mol. The van der Waals surface area contributed by atoms with Crippen LogP contribution in [0.4, 0.5) is 5.69 Å². The first-order chi connectivity index (χ1) is 9.69. The minimum absolute atomic E-state index is 0.447. The summed E-state index contributed by atoms with van der Waals surface area (Å²) in [6.07, 6.45) is 0. The third kappa shape index (κ3) is 4.03. The van der Waals surface area contributed by atoms with Gasteiger partial charge in [0.1, 0.15) is 23.9 Å². The van der Waals surface area contributed by atoms with Crippen LogP contribution in [0.3, 0.4) is 0 Å². The minimum atomic E-state index is 0.447. The van der Waals surface area contributed by atoms with E-state index in [2.05, 4.69) is 12.2 Å². The summed E-state index contributed by atoms with van der Waals surface area (Å²) in [5, 5.41) is 3.23. The van der Waals surface area contributed by atoms with E-state index in [4.69, 9.17) is 9.15 Å². The molecule has 0 aliphatic carbocycles. The third-order valence-electron chi connectivity index (χ3n) is 2.98. The van der Waals surface area contributed by atoms with E-state index in [1.165, 1.54) is 0 Å². The van der Waals surface area contributed by atoms with Gasteiger partial charge >= 0.3 is 0 Å². The van der Waals surface area contributed by atoms with Gasteiger partial charge in [-0.15, -0.1) is 0 Å². The molecule has 0 aliphatic rings. The van der Waals surface area contributed by atoms with Crippen LogP contribution in [-0.2, 0) is 13.2 Å². The number of hydrogen-bond acceptors (Lipinski definition) is 4. The van der Waals surface area contributed by atoms with Crippen molar-refractivity contribution in [2.45, 2.75) is 20.1 Å². The van der Waals surface area contributed by atoms with Crippen molar-refractivity contribution in [3.63, 3.8) is 0 Å². The van der Waals surface area contributed by atoms with Gasteiger partial charge < -0.3 is 19.4 Å². The largest absolute Gasteiger partial charge is 0.486 e. The Morgan fingerprint density at radius 1 is 1.15 bits per heavy atom. The molecule has 0 saturated carbocycles. The lowest BCUT2D eigenvalue weighted by Crippen LogP contribution is -2.10. The molecule has 1 aromatic carbocycles. The zero-order valence-electron chi connectivity index (χ0n) is 12.3. The van der Waals surface area contributed by atoms with Crippen LogP contribution in [0.5, 0.6) is 5.75 Å². The SMILES string of the molecule is CCNCc1ccc(COc2cccc(N(C)C)c2)o1. The minimum Gasteiger partial charge on any atom is -0.486 e. The number of ether oxygens (including phenoxy) is 1. The third-order valence-corrected chi connectivity index (χ3v) is 2.98. The Bertz CT molecular complexity index is 535. The van der Waals surface area contributed by atoms with Gasteiger partial charge in [0.15, 0.2) is 0 Å². The number of rotatable bonds is 7. The molecular formula is C16H22N2O2. The lowest BCUT2D eigenvalue weighted by atomic mass is 10.3. The van der Waals surface area contributed by atoms with E-state index in [0.29, 0.717) is 6.61 Å². The Morgan fingerprint density at radius 2 is 1.95 bits per heavy atom. The highest BCUT2D eigenvalue weighted by molar-refractivity contribution is 5.49. The highest BCUT2D eigenvalue weighted by atomic mass is 16.5. The highest BCUT2D eigenvalue weighted by Crippen LogP contribution is 2.20. The first-order valence-electron chi connectivity index (χ1n) is 6.87. The zero-order valence-corrected chi connectivity index (χ0v) is 12.3. The first kappa shape index (κ1) is 14.5. The predicted octanol–water partition coefficient (Wildman–Crippen LogP) is 3.03. The lowest BCUT2D eigenvalue weighted by molar-refractivity contribution is 0.265. The maximum absolute atomic E-state index is 5.76. The van der Waals surface area contributed by atoms with Gasteiger partial charge in [-0.05, 0) is 30.8 Å². The number of hydrogen-bond donors (Lipinski definition) is 1. The summed E-state index contributed by atoms with van der Waals surface area (Å²) in [7, 11) is 4.03. The van der Waals surface area contributed by atoms with E-state index >= 15 is 0 Å². The normalized spacial score (nSPS) is 10.6. The van der Waals surface area contributed by atoms with E-state index in [1.807, 2.05) is 55.4 Å². The van der Waals surface area contributed by atoms with Crippen LogP contribution >= 0.6 is 0 Å². The molecule has 0 aliphatic heterocycles. The average molecular weight is 274 g/mol. The molecule has 108 valence electrons. The van der Waals surface area contributed by atoms with Gasteiger partial charge in [0, 0.05) is 25.8 Å². The second-order valence-electron chi connectivity index (χ2n) is 4.83. The Morgan fingerprint density at radius 3 is 2.70 bits per heavy atom. The molecule has 0 atom stereocenters. The molecule has 0 spiro atoms. The van der Waals surface area contributed by atoms with E-state index in [-0.39, 0.29) is 0 Å². The fourth-order valence-electron chi connectivity index (χ4n) is 1.85. The van der Waals surface area contributed by atoms with Gasteiger partial charge in [-0.1, -0.05) is 13.0 Å². The number of nitrogens with zero attached hydrogens (tertiary/aromatic N) is 1. The van der Waals surface area contributed by atoms with Crippen molar-refractivity contribution in [3.05, 3.63) is 47.9 Å². The summed E-state index contributed by atoms with van der Waals surface area (Å²) in [6.45, 7) is 4.21. The van der Waals surface area contributed by atoms with E-state index in [9.17, 15) is 0 Å². The van der Waals surface area contributed by atoms with Crippen LogP contribution in [0.25, 0.3) is 0 Å². The Labute approximate surface area is 120 Å². The first-order valence-corrected chi connectivity index (χ1v) is 6.87. The van der Waals surface area contributed by atoms with Crippen LogP contribution in [-0.4, -0.2) is 20.6 Å². The fraction of sp³-hybridized carbons (Fsp3) is 0.375. The van der Waals surface area contributed by atoms with Gasteiger partial charge in [0.2, 0.25) is 0 Å². The van der Waals surface area contributed by atoms with Crippen molar-refractivity contribution in [1.29, 1.82) is 0 Å². The topological polar surface area (TPSA) is 37.6 Å². The summed E-state index contributed by atoms with van der Waals surface area (Å²) >= 11 is 0. The Kier molecular flexibility index (Phi) is 5.07. The lowest BCUT2D eigenvalue weighted by Gasteiger charge is -2.13. The van der Waals surface area contributed by atoms with Gasteiger partial charge in [-0.3, -0.25) is 0 Å². The van der Waals surface area contributed by atoms with Gasteiger partial charge in [-0.2, -0.15) is 0 Å². The maximum Gasteiger partial charge on any atom is 0.146 e. The second-order valence-corrected chi connectivity index (χ2v) is 4.83. The molecule has 1 aromatic heterocycles. The smallest absolute Gasteiger partial charge is 0.146 e. The van der Waals surface area contributed by atoms with Gasteiger partial charge in [0.25, 0.3) is 0 Å². The summed E-state index contributed by atoms with van der Waals surface area (Å²) in [4.78, 5) is 2.05. The van der Waals surface area contributed by atoms with E-state index < -0.39 is 0 Å². The summed E-state index contributed by atoms with van der Waals surface area (Å²) in [5.41, 5.74) is 1.12. The van der Waals surface area contributed by atoms with Crippen molar-refractivity contribution in [3.8, 4) is 5.75 Å². The van der Waals surface area contributed by atoms with E-state index in [1.54, 1.807) is 0 Å². The standard InChI is InChI=1S/C16H22N2O2/c1-4-17-11-15-8-9-16(20-15)12-19-14-7-5-6-13(10-14)18(2)3/h5-10,17H,4,11-12H2,1-3H3. The molecule has 1 N–H and O–H groups in total. The molecule has 0 amide bonds. The Balaban J connectivity index is 1.91. The van der Waals surface area contributed by atoms with Crippen LogP contribution in [0, 0.1) is 0 Å². The van der Waals surface area contributed by atoms with Crippen LogP contribution in [0.1, 0.15) is 18.4 Å². The van der Waals surface area contributed by atoms with Gasteiger partial charge in [-0.25, -0.2) is 0 Å². The van der Waals surface area contributed by atoms with Crippen molar-refractivity contribution < 1.29 is 9.15 Å². The summed E-state index contributed by atoms with van der Waals surface area (Å²) in [6, 6.07) is 12.0. The quantitative estimate of drug-likeness (QED) is 0.842. The van der Waals surface area contributed by atoms with Crippen molar-refractivity contribution >= 4 is 5.69 Å². The zero-order chi connectivity index (χ0) is 14.4. The monoisotopic (exact) mass is 274 g/mol. The van der Waals surface area contributed by atoms with Crippen LogP contribution in [0.2, 0.25) is 0 Å². The van der Waals surface area contributed by atoms with Crippen molar-refractivity contribution in [2.24, 2.45) is 0 Å². The highest BCUT2D eigenvalue weighted by Gasteiger charge is 2.04. The van der Waals surface area contributed by atoms with E-state index in [0.717, 1.165) is 36.0 Å². The molecule has 4 heteroatoms. The molecule has 4 nitrogen and oxygen atoms in total. The van der Waals surface area contributed by atoms with Crippen LogP contribution < -0.4 is 15.0 Å². The molecule has 1 heterocycles. The number of benzene rings is 1. The summed E-state index contributed by atoms with van der Waals surface area (Å²) < 4.78 is 11.4. The van der Waals surface area contributed by atoms with Crippen molar-refractivity contribution in [1.82, 2.24) is 5.32 Å². The molecular weight excluding hydrogens is 252 g/mol. The second kappa shape index (κ2) is 7.01.